The summed E-state index contributed by atoms with van der Waals surface area (Å²) in [7, 11) is 0. The normalized spacial score (nSPS) is 21.1. The summed E-state index contributed by atoms with van der Waals surface area (Å²) in [6.45, 7) is 4.59. The number of piperazine rings is 1. The zero-order valence-corrected chi connectivity index (χ0v) is 11.8. The highest BCUT2D eigenvalue weighted by molar-refractivity contribution is 5.76. The Bertz CT molecular complexity index is 371. The molecular formula is C12H20F2N2O4. The first-order chi connectivity index (χ1) is 9.10. The third kappa shape index (κ3) is 4.92. The Morgan fingerprint density at radius 1 is 1.35 bits per heavy atom. The summed E-state index contributed by atoms with van der Waals surface area (Å²) in [5.74, 6) is -1.22. The summed E-state index contributed by atoms with van der Waals surface area (Å²) < 4.78 is 29.9. The highest BCUT2D eigenvalue weighted by Gasteiger charge is 2.36. The molecule has 1 heterocycles. The third-order valence-corrected chi connectivity index (χ3v) is 2.80. The molecule has 0 aromatic carbocycles. The SMILES string of the molecule is CC(C)(C)OC(=O)N1CCN(CC(F)F)[C@H](C(=O)O)C1. The van der Waals surface area contributed by atoms with Gasteiger partial charge in [0, 0.05) is 13.1 Å². The number of alkyl halides is 2. The van der Waals surface area contributed by atoms with Gasteiger partial charge in [-0.3, -0.25) is 9.69 Å². The van der Waals surface area contributed by atoms with Gasteiger partial charge in [-0.15, -0.1) is 0 Å². The minimum atomic E-state index is -2.61. The molecule has 8 heteroatoms. The molecule has 0 aliphatic carbocycles. The fourth-order valence-electron chi connectivity index (χ4n) is 1.94. The summed E-state index contributed by atoms with van der Waals surface area (Å²) >= 11 is 0. The lowest BCUT2D eigenvalue weighted by atomic mass is 10.1. The van der Waals surface area contributed by atoms with Crippen LogP contribution in [0.25, 0.3) is 0 Å². The number of hydrogen-bond donors (Lipinski definition) is 1. The van der Waals surface area contributed by atoms with Gasteiger partial charge in [-0.2, -0.15) is 0 Å². The van der Waals surface area contributed by atoms with Crippen LogP contribution in [0.2, 0.25) is 0 Å². The number of carbonyl (C=O) groups is 2. The number of carboxylic acids is 1. The molecule has 1 aliphatic heterocycles. The van der Waals surface area contributed by atoms with E-state index < -0.39 is 36.7 Å². The summed E-state index contributed by atoms with van der Waals surface area (Å²) in [4.78, 5) is 25.4. The minimum absolute atomic E-state index is 0.0839. The van der Waals surface area contributed by atoms with E-state index in [2.05, 4.69) is 0 Å². The number of amides is 1. The van der Waals surface area contributed by atoms with E-state index in [4.69, 9.17) is 9.84 Å². The van der Waals surface area contributed by atoms with Gasteiger partial charge < -0.3 is 14.7 Å². The van der Waals surface area contributed by atoms with Gasteiger partial charge in [-0.25, -0.2) is 13.6 Å². The lowest BCUT2D eigenvalue weighted by molar-refractivity contribution is -0.146. The maximum atomic E-state index is 12.4. The second-order valence-electron chi connectivity index (χ2n) is 5.67. The molecule has 1 N–H and O–H groups in total. The van der Waals surface area contributed by atoms with Crippen LogP contribution in [0.5, 0.6) is 0 Å². The summed E-state index contributed by atoms with van der Waals surface area (Å²) in [5, 5.41) is 9.09. The number of hydrogen-bond acceptors (Lipinski definition) is 4. The van der Waals surface area contributed by atoms with E-state index in [9.17, 15) is 18.4 Å². The van der Waals surface area contributed by atoms with Crippen LogP contribution in [-0.2, 0) is 9.53 Å². The highest BCUT2D eigenvalue weighted by atomic mass is 19.3. The standard InChI is InChI=1S/C12H20F2N2O4/c1-12(2,3)20-11(19)16-5-4-15(7-9(13)14)8(6-16)10(17)18/h8-9H,4-7H2,1-3H3,(H,17,18)/t8-/m0/s1. The molecule has 0 aromatic rings. The molecular weight excluding hydrogens is 274 g/mol. The summed E-state index contributed by atoms with van der Waals surface area (Å²) in [6.07, 6.45) is -3.23. The van der Waals surface area contributed by atoms with E-state index in [1.54, 1.807) is 20.8 Å². The Morgan fingerprint density at radius 3 is 2.40 bits per heavy atom. The van der Waals surface area contributed by atoms with E-state index in [-0.39, 0.29) is 19.6 Å². The van der Waals surface area contributed by atoms with Gasteiger partial charge >= 0.3 is 12.1 Å². The number of nitrogens with zero attached hydrogens (tertiary/aromatic N) is 2. The van der Waals surface area contributed by atoms with E-state index in [1.165, 1.54) is 9.80 Å². The average molecular weight is 294 g/mol. The maximum absolute atomic E-state index is 12.4. The van der Waals surface area contributed by atoms with E-state index in [1.807, 2.05) is 0 Å². The zero-order chi connectivity index (χ0) is 15.5. The van der Waals surface area contributed by atoms with E-state index in [0.717, 1.165) is 0 Å². The molecule has 6 nitrogen and oxygen atoms in total. The maximum Gasteiger partial charge on any atom is 0.410 e. The molecule has 20 heavy (non-hydrogen) atoms. The number of aliphatic carboxylic acids is 1. The predicted molar refractivity (Wildman–Crippen MR) is 66.8 cm³/mol. The van der Waals surface area contributed by atoms with Crippen molar-refractivity contribution in [2.24, 2.45) is 0 Å². The van der Waals surface area contributed by atoms with Crippen molar-refractivity contribution < 1.29 is 28.2 Å². The van der Waals surface area contributed by atoms with Crippen molar-refractivity contribution in [1.29, 1.82) is 0 Å². The van der Waals surface area contributed by atoms with Crippen LogP contribution in [0.15, 0.2) is 0 Å². The van der Waals surface area contributed by atoms with Crippen molar-refractivity contribution in [3.8, 4) is 0 Å². The molecule has 1 amide bonds. The molecule has 1 fully saturated rings. The van der Waals surface area contributed by atoms with Crippen molar-refractivity contribution in [1.82, 2.24) is 9.80 Å². The number of rotatable bonds is 3. The van der Waals surface area contributed by atoms with Crippen LogP contribution >= 0.6 is 0 Å². The van der Waals surface area contributed by atoms with Crippen LogP contribution in [-0.4, -0.2) is 71.2 Å². The second kappa shape index (κ2) is 6.34. The van der Waals surface area contributed by atoms with Gasteiger partial charge in [0.05, 0.1) is 13.1 Å². The van der Waals surface area contributed by atoms with Gasteiger partial charge in [0.2, 0.25) is 0 Å². The molecule has 0 spiro atoms. The molecule has 0 radical (unpaired) electrons. The average Bonchev–Trinajstić information content (AvgIpc) is 2.25. The first-order valence-electron chi connectivity index (χ1n) is 6.33. The van der Waals surface area contributed by atoms with Crippen LogP contribution in [0.4, 0.5) is 13.6 Å². The van der Waals surface area contributed by atoms with Gasteiger partial charge in [-0.05, 0) is 20.8 Å². The summed E-state index contributed by atoms with van der Waals surface area (Å²) in [6, 6.07) is -1.13. The molecule has 1 atom stereocenters. The van der Waals surface area contributed by atoms with E-state index in [0.29, 0.717) is 0 Å². The number of halogens is 2. The lowest BCUT2D eigenvalue weighted by Crippen LogP contribution is -2.59. The summed E-state index contributed by atoms with van der Waals surface area (Å²) in [5.41, 5.74) is -0.685. The Hall–Kier alpha value is -1.44. The quantitative estimate of drug-likeness (QED) is 0.848. The molecule has 1 aliphatic rings. The van der Waals surface area contributed by atoms with Crippen molar-refractivity contribution in [3.05, 3.63) is 0 Å². The molecule has 0 saturated carbocycles. The van der Waals surface area contributed by atoms with Crippen molar-refractivity contribution in [3.63, 3.8) is 0 Å². The molecule has 0 unspecified atom stereocenters. The second-order valence-corrected chi connectivity index (χ2v) is 5.67. The fraction of sp³-hybridized carbons (Fsp3) is 0.833. The predicted octanol–water partition coefficient (Wildman–Crippen LogP) is 1.26. The molecule has 1 rings (SSSR count). The topological polar surface area (TPSA) is 70.1 Å². The Labute approximate surface area is 116 Å². The van der Waals surface area contributed by atoms with Crippen molar-refractivity contribution in [2.45, 2.75) is 38.8 Å². The first-order valence-corrected chi connectivity index (χ1v) is 6.33. The van der Waals surface area contributed by atoms with Crippen LogP contribution in [0.3, 0.4) is 0 Å². The molecule has 0 aromatic heterocycles. The molecule has 116 valence electrons. The Kier molecular flexibility index (Phi) is 5.27. The third-order valence-electron chi connectivity index (χ3n) is 2.80. The van der Waals surface area contributed by atoms with Gasteiger partial charge in [0.25, 0.3) is 6.43 Å². The van der Waals surface area contributed by atoms with Gasteiger partial charge in [0.15, 0.2) is 0 Å². The van der Waals surface area contributed by atoms with Crippen molar-refractivity contribution >= 4 is 12.1 Å². The minimum Gasteiger partial charge on any atom is -0.480 e. The Morgan fingerprint density at radius 2 is 1.95 bits per heavy atom. The molecule has 0 bridgehead atoms. The smallest absolute Gasteiger partial charge is 0.410 e. The van der Waals surface area contributed by atoms with Crippen molar-refractivity contribution in [2.75, 3.05) is 26.2 Å². The van der Waals surface area contributed by atoms with Crippen LogP contribution in [0, 0.1) is 0 Å². The lowest BCUT2D eigenvalue weighted by Gasteiger charge is -2.39. The van der Waals surface area contributed by atoms with Crippen LogP contribution < -0.4 is 0 Å². The fourth-order valence-corrected chi connectivity index (χ4v) is 1.94. The van der Waals surface area contributed by atoms with Gasteiger partial charge in [-0.1, -0.05) is 0 Å². The number of ether oxygens (including phenoxy) is 1. The monoisotopic (exact) mass is 294 g/mol. The Balaban J connectivity index is 2.68. The number of carboxylic acid groups (broad SMARTS) is 1. The highest BCUT2D eigenvalue weighted by Crippen LogP contribution is 2.16. The van der Waals surface area contributed by atoms with E-state index >= 15 is 0 Å². The van der Waals surface area contributed by atoms with Gasteiger partial charge in [0.1, 0.15) is 11.6 Å². The first kappa shape index (κ1) is 16.6. The number of carbonyl (C=O) groups excluding carboxylic acids is 1. The van der Waals surface area contributed by atoms with Crippen LogP contribution in [0.1, 0.15) is 20.8 Å². The largest absolute Gasteiger partial charge is 0.480 e. The molecule has 1 saturated heterocycles. The zero-order valence-electron chi connectivity index (χ0n) is 11.8.